The van der Waals surface area contributed by atoms with Crippen molar-refractivity contribution in [3.63, 3.8) is 0 Å². The Labute approximate surface area is 94.8 Å². The summed E-state index contributed by atoms with van der Waals surface area (Å²) >= 11 is 0. The van der Waals surface area contributed by atoms with Gasteiger partial charge in [-0.25, -0.2) is 0 Å². The van der Waals surface area contributed by atoms with Gasteiger partial charge in [-0.05, 0) is 11.1 Å². The lowest BCUT2D eigenvalue weighted by molar-refractivity contribution is 1.10. The number of allylic oxidation sites excluding steroid dienone is 4. The van der Waals surface area contributed by atoms with E-state index in [1.807, 2.05) is 48.6 Å². The Kier molecular flexibility index (Phi) is 2.85. The minimum atomic E-state index is 0.157. The molecule has 1 aliphatic rings. The maximum Gasteiger partial charge on any atom is 0.204 e. The van der Waals surface area contributed by atoms with Crippen molar-refractivity contribution >= 4 is 0 Å². The summed E-state index contributed by atoms with van der Waals surface area (Å²) in [4.78, 5) is 0. The van der Waals surface area contributed by atoms with Crippen LogP contribution in [0.5, 0.6) is 0 Å². The molecule has 0 N–H and O–H groups in total. The molecule has 0 saturated heterocycles. The highest BCUT2D eigenvalue weighted by molar-refractivity contribution is 5.49. The van der Waals surface area contributed by atoms with E-state index in [0.29, 0.717) is 11.5 Å². The molecule has 1 radical (unpaired) electrons. The van der Waals surface area contributed by atoms with Crippen LogP contribution in [0.4, 0.5) is 0 Å². The fourth-order valence-corrected chi connectivity index (χ4v) is 1.68. The van der Waals surface area contributed by atoms with Crippen molar-refractivity contribution in [2.45, 2.75) is 5.92 Å². The molecule has 0 spiro atoms. The van der Waals surface area contributed by atoms with Gasteiger partial charge in [0.2, 0.25) is 5.92 Å². The van der Waals surface area contributed by atoms with Crippen molar-refractivity contribution in [3.05, 3.63) is 65.6 Å². The van der Waals surface area contributed by atoms with Crippen LogP contribution in [0.15, 0.2) is 48.6 Å². The van der Waals surface area contributed by atoms with Gasteiger partial charge in [0.25, 0.3) is 0 Å². The van der Waals surface area contributed by atoms with Crippen LogP contribution in [0.25, 0.3) is 0 Å². The molecular weight excluding hydrogens is 196 g/mol. The summed E-state index contributed by atoms with van der Waals surface area (Å²) in [5.41, 5.74) is 1.85. The highest BCUT2D eigenvalue weighted by Gasteiger charge is 2.12. The van der Waals surface area contributed by atoms with Gasteiger partial charge in [0, 0.05) is 5.92 Å². The molecule has 0 amide bonds. The van der Waals surface area contributed by atoms with Crippen molar-refractivity contribution < 1.29 is 0 Å². The summed E-state index contributed by atoms with van der Waals surface area (Å²) in [7, 11) is 0. The number of nitriles is 2. The van der Waals surface area contributed by atoms with E-state index in [4.69, 9.17) is 10.5 Å². The molecule has 0 heterocycles. The van der Waals surface area contributed by atoms with Gasteiger partial charge in [-0.1, -0.05) is 48.6 Å². The second-order valence-corrected chi connectivity index (χ2v) is 3.52. The fourth-order valence-electron chi connectivity index (χ4n) is 1.68. The monoisotopic (exact) mass is 205 g/mol. The molecule has 16 heavy (non-hydrogen) atoms. The molecule has 0 aromatic heterocycles. The van der Waals surface area contributed by atoms with Gasteiger partial charge in [0.05, 0.1) is 12.1 Å². The predicted molar refractivity (Wildman–Crippen MR) is 61.0 cm³/mol. The molecule has 1 aliphatic carbocycles. The zero-order chi connectivity index (χ0) is 11.4. The quantitative estimate of drug-likeness (QED) is 0.745. The van der Waals surface area contributed by atoms with E-state index in [1.165, 1.54) is 5.56 Å². The Morgan fingerprint density at radius 3 is 2.00 bits per heavy atom. The van der Waals surface area contributed by atoms with E-state index in [9.17, 15) is 0 Å². The molecule has 0 bridgehead atoms. The Hall–Kier alpha value is -2.32. The Morgan fingerprint density at radius 1 is 0.938 bits per heavy atom. The summed E-state index contributed by atoms with van der Waals surface area (Å²) in [5, 5.41) is 17.5. The van der Waals surface area contributed by atoms with Crippen molar-refractivity contribution in [1.29, 1.82) is 10.5 Å². The highest BCUT2D eigenvalue weighted by Crippen LogP contribution is 2.24. The SMILES string of the molecule is N#C[C](C#N)c1ccc(C2C=CC=C2)cc1. The van der Waals surface area contributed by atoms with Crippen LogP contribution in [0, 0.1) is 28.6 Å². The molecular formula is C14H9N2. The first-order valence-electron chi connectivity index (χ1n) is 4.97. The summed E-state index contributed by atoms with van der Waals surface area (Å²) in [6.07, 6.45) is 8.24. The molecule has 0 atom stereocenters. The summed E-state index contributed by atoms with van der Waals surface area (Å²) in [6, 6.07) is 11.3. The van der Waals surface area contributed by atoms with E-state index in [-0.39, 0.29) is 5.92 Å². The predicted octanol–water partition coefficient (Wildman–Crippen LogP) is 2.87. The number of hydrogen-bond donors (Lipinski definition) is 0. The molecule has 1 aromatic carbocycles. The summed E-state index contributed by atoms with van der Waals surface area (Å²) in [6.45, 7) is 0. The van der Waals surface area contributed by atoms with Gasteiger partial charge in [0.1, 0.15) is 0 Å². The van der Waals surface area contributed by atoms with Gasteiger partial charge < -0.3 is 0 Å². The summed E-state index contributed by atoms with van der Waals surface area (Å²) < 4.78 is 0. The largest absolute Gasteiger partial charge is 0.204 e. The molecule has 2 nitrogen and oxygen atoms in total. The zero-order valence-electron chi connectivity index (χ0n) is 8.59. The number of hydrogen-bond acceptors (Lipinski definition) is 2. The van der Waals surface area contributed by atoms with Gasteiger partial charge >= 0.3 is 0 Å². The van der Waals surface area contributed by atoms with Crippen LogP contribution in [-0.2, 0) is 0 Å². The second-order valence-electron chi connectivity index (χ2n) is 3.52. The van der Waals surface area contributed by atoms with Crippen LogP contribution < -0.4 is 0 Å². The molecule has 0 fully saturated rings. The number of rotatable bonds is 2. The smallest absolute Gasteiger partial charge is 0.196 e. The van der Waals surface area contributed by atoms with Crippen LogP contribution in [-0.4, -0.2) is 0 Å². The van der Waals surface area contributed by atoms with E-state index in [1.54, 1.807) is 0 Å². The summed E-state index contributed by atoms with van der Waals surface area (Å²) in [5.74, 6) is 0.478. The Morgan fingerprint density at radius 2 is 1.50 bits per heavy atom. The fraction of sp³-hybridized carbons (Fsp3) is 0.0714. The lowest BCUT2D eigenvalue weighted by atomic mass is 9.96. The number of benzene rings is 1. The average molecular weight is 205 g/mol. The van der Waals surface area contributed by atoms with E-state index >= 15 is 0 Å². The van der Waals surface area contributed by atoms with E-state index < -0.39 is 0 Å². The van der Waals surface area contributed by atoms with E-state index in [2.05, 4.69) is 12.2 Å². The van der Waals surface area contributed by atoms with Crippen LogP contribution in [0.2, 0.25) is 0 Å². The molecule has 0 aliphatic heterocycles. The maximum absolute atomic E-state index is 8.73. The highest BCUT2D eigenvalue weighted by atomic mass is 14.3. The average Bonchev–Trinajstić information content (AvgIpc) is 2.85. The van der Waals surface area contributed by atoms with Crippen molar-refractivity contribution in [3.8, 4) is 12.1 Å². The van der Waals surface area contributed by atoms with Crippen molar-refractivity contribution in [2.24, 2.45) is 0 Å². The Bertz CT molecular complexity index is 483. The third kappa shape index (κ3) is 1.87. The lowest BCUT2D eigenvalue weighted by Gasteiger charge is -2.06. The third-order valence-electron chi connectivity index (χ3n) is 2.56. The molecule has 75 valence electrons. The standard InChI is InChI=1S/C14H9N2/c15-9-14(10-16)13-7-5-12(6-8-13)11-3-1-2-4-11/h1-8,11H. The minimum absolute atomic E-state index is 0.157. The van der Waals surface area contributed by atoms with Crippen LogP contribution in [0.1, 0.15) is 17.0 Å². The van der Waals surface area contributed by atoms with Crippen molar-refractivity contribution in [1.82, 2.24) is 0 Å². The lowest BCUT2D eigenvalue weighted by Crippen LogP contribution is -1.94. The van der Waals surface area contributed by atoms with Crippen LogP contribution in [0.3, 0.4) is 0 Å². The van der Waals surface area contributed by atoms with Gasteiger partial charge in [0.15, 0.2) is 0 Å². The first-order chi connectivity index (χ1) is 7.85. The molecule has 2 heteroatoms. The minimum Gasteiger partial charge on any atom is -0.196 e. The maximum atomic E-state index is 8.73. The van der Waals surface area contributed by atoms with Crippen molar-refractivity contribution in [2.75, 3.05) is 0 Å². The zero-order valence-corrected chi connectivity index (χ0v) is 8.59. The topological polar surface area (TPSA) is 47.6 Å². The van der Waals surface area contributed by atoms with Gasteiger partial charge in [-0.15, -0.1) is 0 Å². The Balaban J connectivity index is 2.24. The van der Waals surface area contributed by atoms with Crippen LogP contribution >= 0.6 is 0 Å². The second kappa shape index (κ2) is 4.47. The first kappa shape index (κ1) is 10.2. The molecule has 1 aromatic rings. The third-order valence-corrected chi connectivity index (χ3v) is 2.56. The molecule has 0 unspecified atom stereocenters. The number of nitrogens with zero attached hydrogens (tertiary/aromatic N) is 2. The van der Waals surface area contributed by atoms with Gasteiger partial charge in [-0.3, -0.25) is 0 Å². The molecule has 2 rings (SSSR count). The van der Waals surface area contributed by atoms with Gasteiger partial charge in [-0.2, -0.15) is 10.5 Å². The normalized spacial score (nSPS) is 13.9. The first-order valence-corrected chi connectivity index (χ1v) is 4.97. The molecule has 0 saturated carbocycles. The van der Waals surface area contributed by atoms with E-state index in [0.717, 1.165) is 0 Å².